The van der Waals surface area contributed by atoms with Crippen molar-refractivity contribution < 1.29 is 13.2 Å². The van der Waals surface area contributed by atoms with E-state index >= 15 is 0 Å². The van der Waals surface area contributed by atoms with Crippen LogP contribution in [0.15, 0.2) is 35.2 Å². The van der Waals surface area contributed by atoms with Gasteiger partial charge in [-0.25, -0.2) is 8.42 Å². The Hall–Kier alpha value is -1.01. The summed E-state index contributed by atoms with van der Waals surface area (Å²) >= 11 is 1.67. The molecule has 128 valence electrons. The van der Waals surface area contributed by atoms with Gasteiger partial charge >= 0.3 is 0 Å². The molecule has 1 atom stereocenters. The van der Waals surface area contributed by atoms with Crippen molar-refractivity contribution in [2.24, 2.45) is 0 Å². The Balaban J connectivity index is 1.88. The quantitative estimate of drug-likeness (QED) is 0.673. The summed E-state index contributed by atoms with van der Waals surface area (Å²) in [4.78, 5) is 15.5. The average molecular weight is 356 g/mol. The van der Waals surface area contributed by atoms with Crippen LogP contribution in [-0.2, 0) is 14.6 Å². The number of hydrogen-bond donors (Lipinski definition) is 0. The Morgan fingerprint density at radius 2 is 2.04 bits per heavy atom. The minimum atomic E-state index is -2.96. The zero-order valence-electron chi connectivity index (χ0n) is 13.6. The predicted octanol–water partition coefficient (Wildman–Crippen LogP) is 2.98. The summed E-state index contributed by atoms with van der Waals surface area (Å²) in [5, 5.41) is 0. The van der Waals surface area contributed by atoms with E-state index in [1.807, 2.05) is 35.2 Å². The molecule has 0 spiro atoms. The third-order valence-electron chi connectivity index (χ3n) is 4.05. The molecule has 1 aromatic rings. The lowest BCUT2D eigenvalue weighted by molar-refractivity contribution is -0.132. The molecule has 1 saturated heterocycles. The average Bonchev–Trinajstić information content (AvgIpc) is 2.88. The highest BCUT2D eigenvalue weighted by Gasteiger charge is 2.34. The van der Waals surface area contributed by atoms with E-state index in [0.717, 1.165) is 23.5 Å². The van der Waals surface area contributed by atoms with Crippen LogP contribution >= 0.6 is 11.8 Å². The minimum absolute atomic E-state index is 0.0870. The maximum absolute atomic E-state index is 12.6. The first-order valence-corrected chi connectivity index (χ1v) is 11.0. The van der Waals surface area contributed by atoms with Crippen LogP contribution in [-0.4, -0.2) is 49.1 Å². The molecule has 0 bridgehead atoms. The van der Waals surface area contributed by atoms with E-state index in [4.69, 9.17) is 0 Å². The molecule has 1 aromatic carbocycles. The Morgan fingerprint density at radius 3 is 2.65 bits per heavy atom. The molecule has 2 rings (SSSR count). The second kappa shape index (κ2) is 8.73. The van der Waals surface area contributed by atoms with Gasteiger partial charge in [-0.3, -0.25) is 4.79 Å². The van der Waals surface area contributed by atoms with Crippen LogP contribution < -0.4 is 0 Å². The Labute approximate surface area is 143 Å². The monoisotopic (exact) mass is 355 g/mol. The lowest BCUT2D eigenvalue weighted by atomic mass is 10.2. The molecule has 1 heterocycles. The summed E-state index contributed by atoms with van der Waals surface area (Å²) in [6.07, 6.45) is 2.97. The lowest BCUT2D eigenvalue weighted by Crippen LogP contribution is -2.41. The van der Waals surface area contributed by atoms with Gasteiger partial charge in [-0.05, 0) is 25.0 Å². The zero-order chi connectivity index (χ0) is 16.7. The van der Waals surface area contributed by atoms with E-state index in [1.165, 1.54) is 0 Å². The van der Waals surface area contributed by atoms with Crippen molar-refractivity contribution >= 4 is 27.5 Å². The molecule has 1 fully saturated rings. The van der Waals surface area contributed by atoms with Crippen LogP contribution in [0.3, 0.4) is 0 Å². The van der Waals surface area contributed by atoms with Crippen LogP contribution in [0.1, 0.15) is 32.6 Å². The number of carbonyl (C=O) groups excluding carboxylic acids is 1. The Morgan fingerprint density at radius 1 is 1.30 bits per heavy atom. The largest absolute Gasteiger partial charge is 0.339 e. The molecule has 0 aromatic heterocycles. The fraction of sp³-hybridized carbons (Fsp3) is 0.588. The van der Waals surface area contributed by atoms with E-state index in [9.17, 15) is 13.2 Å². The van der Waals surface area contributed by atoms with Gasteiger partial charge in [-0.1, -0.05) is 31.5 Å². The Kier molecular flexibility index (Phi) is 6.96. The number of amides is 1. The van der Waals surface area contributed by atoms with E-state index in [1.54, 1.807) is 11.8 Å². The summed E-state index contributed by atoms with van der Waals surface area (Å²) in [7, 11) is -2.96. The van der Waals surface area contributed by atoms with Gasteiger partial charge in [0.25, 0.3) is 0 Å². The molecule has 0 saturated carbocycles. The van der Waals surface area contributed by atoms with Crippen LogP contribution in [0.25, 0.3) is 0 Å². The molecule has 1 aliphatic rings. The Bertz CT molecular complexity index is 602. The van der Waals surface area contributed by atoms with Crippen molar-refractivity contribution in [2.45, 2.75) is 43.5 Å². The molecule has 0 aliphatic carbocycles. The SMILES string of the molecule is CCCCN(C(=O)CCSc1ccccc1)C1CCS(=O)(=O)C1. The molecule has 23 heavy (non-hydrogen) atoms. The first kappa shape index (κ1) is 18.3. The van der Waals surface area contributed by atoms with Crippen molar-refractivity contribution in [2.75, 3.05) is 23.8 Å². The van der Waals surface area contributed by atoms with Crippen LogP contribution in [0.4, 0.5) is 0 Å². The van der Waals surface area contributed by atoms with Crippen LogP contribution in [0, 0.1) is 0 Å². The van der Waals surface area contributed by atoms with E-state index in [2.05, 4.69) is 6.92 Å². The first-order valence-electron chi connectivity index (χ1n) is 8.19. The predicted molar refractivity (Wildman–Crippen MR) is 95.5 cm³/mol. The fourth-order valence-corrected chi connectivity index (χ4v) is 5.37. The zero-order valence-corrected chi connectivity index (χ0v) is 15.2. The van der Waals surface area contributed by atoms with Crippen LogP contribution in [0.2, 0.25) is 0 Å². The maximum atomic E-state index is 12.6. The van der Waals surface area contributed by atoms with Crippen molar-refractivity contribution in [3.8, 4) is 0 Å². The highest BCUT2D eigenvalue weighted by atomic mass is 32.2. The highest BCUT2D eigenvalue weighted by molar-refractivity contribution is 7.99. The smallest absolute Gasteiger partial charge is 0.223 e. The van der Waals surface area contributed by atoms with Crippen molar-refractivity contribution in [1.82, 2.24) is 4.90 Å². The molecule has 1 amide bonds. The van der Waals surface area contributed by atoms with Gasteiger partial charge in [0.15, 0.2) is 9.84 Å². The number of unbranched alkanes of at least 4 members (excludes halogenated alkanes) is 1. The number of sulfone groups is 1. The minimum Gasteiger partial charge on any atom is -0.339 e. The van der Waals surface area contributed by atoms with E-state index in [0.29, 0.717) is 19.4 Å². The molecule has 0 radical (unpaired) electrons. The van der Waals surface area contributed by atoms with Gasteiger partial charge in [0.05, 0.1) is 11.5 Å². The second-order valence-corrected chi connectivity index (χ2v) is 9.31. The third kappa shape index (κ3) is 5.84. The second-order valence-electron chi connectivity index (χ2n) is 5.91. The summed E-state index contributed by atoms with van der Waals surface area (Å²) in [6.45, 7) is 2.75. The topological polar surface area (TPSA) is 54.5 Å². The van der Waals surface area contributed by atoms with Crippen molar-refractivity contribution in [3.05, 3.63) is 30.3 Å². The van der Waals surface area contributed by atoms with E-state index < -0.39 is 9.84 Å². The first-order chi connectivity index (χ1) is 11.0. The standard InChI is InChI=1S/C17H25NO3S2/c1-2-3-11-18(15-10-13-23(20,21)14-15)17(19)9-12-22-16-7-5-4-6-8-16/h4-8,15H,2-3,9-14H2,1H3. The summed E-state index contributed by atoms with van der Waals surface area (Å²) in [5.74, 6) is 1.16. The molecule has 6 heteroatoms. The van der Waals surface area contributed by atoms with Crippen molar-refractivity contribution in [1.29, 1.82) is 0 Å². The molecule has 1 unspecified atom stereocenters. The number of hydrogen-bond acceptors (Lipinski definition) is 4. The molecule has 1 aliphatic heterocycles. The molecular formula is C17H25NO3S2. The van der Waals surface area contributed by atoms with Gasteiger partial charge in [0, 0.05) is 29.7 Å². The maximum Gasteiger partial charge on any atom is 0.223 e. The summed E-state index contributed by atoms with van der Waals surface area (Å²) in [5.41, 5.74) is 0. The molecule has 4 nitrogen and oxygen atoms in total. The van der Waals surface area contributed by atoms with E-state index in [-0.39, 0.29) is 23.5 Å². The fourth-order valence-electron chi connectivity index (χ4n) is 2.78. The number of carbonyl (C=O) groups is 1. The molecular weight excluding hydrogens is 330 g/mol. The normalized spacial score (nSPS) is 19.6. The third-order valence-corrected chi connectivity index (χ3v) is 6.81. The lowest BCUT2D eigenvalue weighted by Gasteiger charge is -2.28. The number of thioether (sulfide) groups is 1. The number of nitrogens with zero attached hydrogens (tertiary/aromatic N) is 1. The van der Waals surface area contributed by atoms with Gasteiger partial charge in [-0.15, -0.1) is 11.8 Å². The van der Waals surface area contributed by atoms with Gasteiger partial charge in [0.2, 0.25) is 5.91 Å². The van der Waals surface area contributed by atoms with Gasteiger partial charge < -0.3 is 4.90 Å². The number of benzene rings is 1. The van der Waals surface area contributed by atoms with Crippen molar-refractivity contribution in [3.63, 3.8) is 0 Å². The summed E-state index contributed by atoms with van der Waals surface area (Å²) < 4.78 is 23.4. The molecule has 0 N–H and O–H groups in total. The highest BCUT2D eigenvalue weighted by Crippen LogP contribution is 2.22. The van der Waals surface area contributed by atoms with Crippen LogP contribution in [0.5, 0.6) is 0 Å². The summed E-state index contributed by atoms with van der Waals surface area (Å²) in [6, 6.07) is 9.90. The van der Waals surface area contributed by atoms with Gasteiger partial charge in [-0.2, -0.15) is 0 Å². The van der Waals surface area contributed by atoms with Gasteiger partial charge in [0.1, 0.15) is 0 Å². The number of rotatable bonds is 8.